The minimum Gasteiger partial charge on any atom is -0.495 e. The summed E-state index contributed by atoms with van der Waals surface area (Å²) < 4.78 is 5.26. The number of fused-ring (bicyclic) bond motifs is 3. The molecule has 23 heavy (non-hydrogen) atoms. The Morgan fingerprint density at radius 1 is 1.52 bits per heavy atom. The van der Waals surface area contributed by atoms with Crippen LogP contribution in [-0.2, 0) is 11.3 Å². The van der Waals surface area contributed by atoms with E-state index in [9.17, 15) is 4.79 Å². The van der Waals surface area contributed by atoms with Crippen LogP contribution in [0.2, 0.25) is 10.0 Å². The van der Waals surface area contributed by atoms with E-state index < -0.39 is 12.5 Å². The molecule has 1 aromatic carbocycles. The van der Waals surface area contributed by atoms with Gasteiger partial charge in [0.2, 0.25) is 5.91 Å². The highest BCUT2D eigenvalue weighted by molar-refractivity contribution is 6.46. The van der Waals surface area contributed by atoms with Crippen LogP contribution in [0.3, 0.4) is 0 Å². The number of halogens is 2. The van der Waals surface area contributed by atoms with Crippen LogP contribution in [0.4, 0.5) is 0 Å². The number of carbonyl (C=O) groups is 1. The number of rotatable bonds is 4. The summed E-state index contributed by atoms with van der Waals surface area (Å²) in [6, 6.07) is 1.75. The van der Waals surface area contributed by atoms with Gasteiger partial charge in [-0.3, -0.25) is 9.78 Å². The van der Waals surface area contributed by atoms with Crippen molar-refractivity contribution in [2.45, 2.75) is 12.6 Å². The number of aliphatic hydroxyl groups is 1. The number of benzene rings is 1. The minimum atomic E-state index is -0.527. The Labute approximate surface area is 142 Å². The lowest BCUT2D eigenvalue weighted by molar-refractivity contribution is -0.123. The van der Waals surface area contributed by atoms with Gasteiger partial charge in [0.05, 0.1) is 23.7 Å². The molecule has 0 saturated carbocycles. The van der Waals surface area contributed by atoms with Crippen molar-refractivity contribution in [2.75, 3.05) is 20.3 Å². The van der Waals surface area contributed by atoms with Gasteiger partial charge in [-0.05, 0) is 17.2 Å². The van der Waals surface area contributed by atoms with Crippen molar-refractivity contribution in [3.05, 3.63) is 33.4 Å². The molecule has 1 aliphatic heterocycles. The van der Waals surface area contributed by atoms with E-state index in [1.165, 1.54) is 7.11 Å². The number of aliphatic hydroxyl groups excluding tert-OH is 1. The van der Waals surface area contributed by atoms with Crippen molar-refractivity contribution in [3.8, 4) is 5.75 Å². The van der Waals surface area contributed by atoms with E-state index in [4.69, 9.17) is 33.0 Å². The summed E-state index contributed by atoms with van der Waals surface area (Å²) in [6.45, 7) is 0.466. The third-order valence-electron chi connectivity index (χ3n) is 3.92. The average Bonchev–Trinajstić information content (AvgIpc) is 2.99. The monoisotopic (exact) mass is 355 g/mol. The van der Waals surface area contributed by atoms with E-state index in [-0.39, 0.29) is 6.04 Å². The number of carbonyl (C=O) groups excluding carboxylic acids is 1. The van der Waals surface area contributed by atoms with Crippen LogP contribution in [0.25, 0.3) is 10.9 Å². The molecule has 1 amide bonds. The van der Waals surface area contributed by atoms with E-state index in [0.29, 0.717) is 34.4 Å². The molecule has 0 fully saturated rings. The van der Waals surface area contributed by atoms with Crippen LogP contribution in [0.15, 0.2) is 12.3 Å². The number of hydrogen-bond acceptors (Lipinski definition) is 5. The maximum atomic E-state index is 11.2. The summed E-state index contributed by atoms with van der Waals surface area (Å²) in [5.74, 6) is 0.0851. The molecule has 8 heteroatoms. The van der Waals surface area contributed by atoms with Crippen LogP contribution in [0.5, 0.6) is 5.75 Å². The van der Waals surface area contributed by atoms with E-state index >= 15 is 0 Å². The summed E-state index contributed by atoms with van der Waals surface area (Å²) in [5, 5.41) is 16.3. The largest absolute Gasteiger partial charge is 0.495 e. The van der Waals surface area contributed by atoms with E-state index in [1.807, 2.05) is 6.07 Å². The van der Waals surface area contributed by atoms with Gasteiger partial charge in [-0.2, -0.15) is 0 Å². The Balaban J connectivity index is 2.02. The highest BCUT2D eigenvalue weighted by atomic mass is 35.5. The van der Waals surface area contributed by atoms with Gasteiger partial charge < -0.3 is 20.5 Å². The molecule has 0 bridgehead atoms. The second-order valence-electron chi connectivity index (χ2n) is 5.19. The number of ether oxygens (including phenoxy) is 1. The average molecular weight is 356 g/mol. The van der Waals surface area contributed by atoms with Crippen LogP contribution >= 0.6 is 23.2 Å². The van der Waals surface area contributed by atoms with Crippen molar-refractivity contribution in [1.29, 1.82) is 0 Å². The lowest BCUT2D eigenvalue weighted by Crippen LogP contribution is -2.33. The molecule has 0 saturated heterocycles. The molecular weight excluding hydrogens is 341 g/mol. The van der Waals surface area contributed by atoms with Gasteiger partial charge in [0.25, 0.3) is 0 Å². The molecule has 2 heterocycles. The lowest BCUT2D eigenvalue weighted by Gasteiger charge is -2.14. The van der Waals surface area contributed by atoms with Crippen LogP contribution in [0.1, 0.15) is 17.2 Å². The fraction of sp³-hybridized carbons (Fsp3) is 0.333. The van der Waals surface area contributed by atoms with Crippen molar-refractivity contribution < 1.29 is 14.6 Å². The zero-order valence-corrected chi connectivity index (χ0v) is 13.8. The van der Waals surface area contributed by atoms with Gasteiger partial charge in [0.15, 0.2) is 0 Å². The zero-order chi connectivity index (χ0) is 16.6. The number of hydrogen-bond donors (Lipinski definition) is 3. The van der Waals surface area contributed by atoms with Gasteiger partial charge in [-0.25, -0.2) is 0 Å². The van der Waals surface area contributed by atoms with Crippen molar-refractivity contribution >= 4 is 40.0 Å². The summed E-state index contributed by atoms with van der Waals surface area (Å²) >= 11 is 12.5. The first kappa shape index (κ1) is 16.3. The first-order valence-electron chi connectivity index (χ1n) is 7.01. The van der Waals surface area contributed by atoms with E-state index in [2.05, 4.69) is 15.6 Å². The first-order valence-corrected chi connectivity index (χ1v) is 7.76. The van der Waals surface area contributed by atoms with Gasteiger partial charge in [-0.15, -0.1) is 0 Å². The lowest BCUT2D eigenvalue weighted by atomic mass is 10.0. The van der Waals surface area contributed by atoms with Crippen molar-refractivity contribution in [3.63, 3.8) is 0 Å². The van der Waals surface area contributed by atoms with Gasteiger partial charge in [0.1, 0.15) is 17.4 Å². The number of nitrogens with one attached hydrogen (secondary N) is 2. The predicted molar refractivity (Wildman–Crippen MR) is 88.0 cm³/mol. The van der Waals surface area contributed by atoms with Crippen molar-refractivity contribution in [2.24, 2.45) is 0 Å². The first-order chi connectivity index (χ1) is 11.1. The smallest absolute Gasteiger partial charge is 0.245 e. The molecule has 3 rings (SSSR count). The second-order valence-corrected chi connectivity index (χ2v) is 5.95. The van der Waals surface area contributed by atoms with Crippen molar-refractivity contribution in [1.82, 2.24) is 15.6 Å². The molecule has 2 aromatic rings. The molecule has 0 spiro atoms. The summed E-state index contributed by atoms with van der Waals surface area (Å²) in [6.07, 6.45) is 1.74. The number of methoxy groups -OCH3 is 1. The summed E-state index contributed by atoms with van der Waals surface area (Å²) in [4.78, 5) is 15.6. The number of aromatic nitrogens is 1. The molecule has 6 nitrogen and oxygen atoms in total. The van der Waals surface area contributed by atoms with Crippen LogP contribution < -0.4 is 15.4 Å². The Bertz CT molecular complexity index is 782. The number of nitrogens with zero attached hydrogens (tertiary/aromatic N) is 1. The van der Waals surface area contributed by atoms with E-state index in [1.54, 1.807) is 6.20 Å². The Hall–Kier alpha value is -1.60. The Morgan fingerprint density at radius 2 is 2.30 bits per heavy atom. The normalized spacial score (nSPS) is 16.4. The highest BCUT2D eigenvalue weighted by Gasteiger charge is 2.26. The Kier molecular flexibility index (Phi) is 4.59. The van der Waals surface area contributed by atoms with Gasteiger partial charge >= 0.3 is 0 Å². The molecule has 1 aromatic heterocycles. The molecule has 0 aliphatic carbocycles. The molecule has 1 aliphatic rings. The third-order valence-corrected chi connectivity index (χ3v) is 4.76. The fourth-order valence-corrected chi connectivity index (χ4v) is 3.22. The summed E-state index contributed by atoms with van der Waals surface area (Å²) in [5.41, 5.74) is 2.66. The fourth-order valence-electron chi connectivity index (χ4n) is 2.75. The minimum absolute atomic E-state index is 0.0714. The van der Waals surface area contributed by atoms with Gasteiger partial charge in [0, 0.05) is 24.7 Å². The van der Waals surface area contributed by atoms with Crippen LogP contribution in [-0.4, -0.2) is 36.3 Å². The number of pyridine rings is 1. The molecule has 3 N–H and O–H groups in total. The standard InChI is InChI=1S/C15H15Cl2N3O3/c1-23-11-2-7-8-3-18-10(5-19-12(22)6-21)9(8)4-20-15(7)14(17)13(11)16/h2,4,10,18,21H,3,5-6H2,1H3,(H,19,22)/t10-/m0/s1. The quantitative estimate of drug-likeness (QED) is 0.778. The molecular formula is C15H15Cl2N3O3. The molecule has 122 valence electrons. The Morgan fingerprint density at radius 3 is 3.00 bits per heavy atom. The summed E-state index contributed by atoms with van der Waals surface area (Å²) in [7, 11) is 1.53. The highest BCUT2D eigenvalue weighted by Crippen LogP contribution is 2.41. The molecule has 0 unspecified atom stereocenters. The van der Waals surface area contributed by atoms with E-state index in [0.717, 1.165) is 16.5 Å². The maximum Gasteiger partial charge on any atom is 0.245 e. The third kappa shape index (κ3) is 2.83. The maximum absolute atomic E-state index is 11.2. The second kappa shape index (κ2) is 6.49. The number of amides is 1. The molecule has 0 radical (unpaired) electrons. The van der Waals surface area contributed by atoms with Crippen LogP contribution in [0, 0.1) is 0 Å². The predicted octanol–water partition coefficient (Wildman–Crippen LogP) is 1.80. The zero-order valence-electron chi connectivity index (χ0n) is 12.3. The molecule has 1 atom stereocenters. The van der Waals surface area contributed by atoms with Gasteiger partial charge in [-0.1, -0.05) is 23.2 Å². The SMILES string of the molecule is COc1cc2c3c(cnc2c(Cl)c1Cl)[C@H](CNC(=O)CO)NC3. The topological polar surface area (TPSA) is 83.5 Å².